The first kappa shape index (κ1) is 21.5. The number of pyridine rings is 1. The molecule has 0 radical (unpaired) electrons. The van der Waals surface area contributed by atoms with E-state index < -0.39 is 5.97 Å². The molecule has 0 spiro atoms. The number of esters is 1. The van der Waals surface area contributed by atoms with Crippen LogP contribution in [-0.2, 0) is 16.0 Å². The summed E-state index contributed by atoms with van der Waals surface area (Å²) < 4.78 is 4.57. The molecule has 5 N–H and O–H groups in total. The van der Waals surface area contributed by atoms with E-state index in [-0.39, 0.29) is 5.70 Å². The molecule has 2 unspecified atom stereocenters. The summed E-state index contributed by atoms with van der Waals surface area (Å²) in [6, 6.07) is 5.77. The van der Waals surface area contributed by atoms with Gasteiger partial charge in [0.25, 0.3) is 0 Å². The third kappa shape index (κ3) is 4.64. The molecule has 2 bridgehead atoms. The Kier molecular flexibility index (Phi) is 6.37. The van der Waals surface area contributed by atoms with Crippen molar-refractivity contribution in [1.82, 2.24) is 10.3 Å². The van der Waals surface area contributed by atoms with Gasteiger partial charge in [-0.05, 0) is 68.6 Å². The first-order chi connectivity index (χ1) is 15.0. The summed E-state index contributed by atoms with van der Waals surface area (Å²) >= 11 is 6.16. The predicted octanol–water partition coefficient (Wildman–Crippen LogP) is 4.18. The first-order valence-electron chi connectivity index (χ1n) is 10.8. The number of aromatic nitrogens is 1. The number of nitrogens with one attached hydrogen (secondary N) is 1. The molecule has 1 aromatic carbocycles. The third-order valence-corrected chi connectivity index (χ3v) is 6.52. The number of rotatable bonds is 7. The minimum atomic E-state index is -0.517. The van der Waals surface area contributed by atoms with Gasteiger partial charge in [0.05, 0.1) is 12.6 Å². The second-order valence-electron chi connectivity index (χ2n) is 8.48. The van der Waals surface area contributed by atoms with Gasteiger partial charge in [0, 0.05) is 40.1 Å². The molecule has 0 fully saturated rings. The lowest BCUT2D eigenvalue weighted by Gasteiger charge is -2.36. The van der Waals surface area contributed by atoms with Crippen LogP contribution in [0.5, 0.6) is 0 Å². The van der Waals surface area contributed by atoms with Crippen molar-refractivity contribution >= 4 is 34.2 Å². The first-order valence-corrected chi connectivity index (χ1v) is 11.2. The fourth-order valence-corrected chi connectivity index (χ4v) is 5.08. The smallest absolute Gasteiger partial charge is 0.355 e. The maximum Gasteiger partial charge on any atom is 0.355 e. The van der Waals surface area contributed by atoms with E-state index in [4.69, 9.17) is 28.1 Å². The predicted molar refractivity (Wildman–Crippen MR) is 125 cm³/mol. The van der Waals surface area contributed by atoms with E-state index in [1.54, 1.807) is 0 Å². The lowest BCUT2D eigenvalue weighted by atomic mass is 9.70. The van der Waals surface area contributed by atoms with Crippen molar-refractivity contribution in [1.29, 1.82) is 0 Å². The van der Waals surface area contributed by atoms with E-state index in [2.05, 4.69) is 16.1 Å². The highest BCUT2D eigenvalue weighted by atomic mass is 35.5. The molecular weight excluding hydrogens is 412 g/mol. The summed E-state index contributed by atoms with van der Waals surface area (Å²) in [7, 11) is 1.32. The Morgan fingerprint density at radius 3 is 3.00 bits per heavy atom. The lowest BCUT2D eigenvalue weighted by Crippen LogP contribution is -2.24. The Hall–Kier alpha value is -2.73. The highest BCUT2D eigenvalue weighted by Gasteiger charge is 2.33. The van der Waals surface area contributed by atoms with Crippen molar-refractivity contribution in [2.75, 3.05) is 19.4 Å². The molecule has 0 aliphatic heterocycles. The van der Waals surface area contributed by atoms with Gasteiger partial charge in [-0.2, -0.15) is 0 Å². The van der Waals surface area contributed by atoms with Crippen molar-refractivity contribution in [2.24, 2.45) is 11.7 Å². The highest BCUT2D eigenvalue weighted by molar-refractivity contribution is 6.31. The molecule has 2 aromatic rings. The molecule has 7 heteroatoms. The fourth-order valence-electron chi connectivity index (χ4n) is 4.91. The van der Waals surface area contributed by atoms with E-state index in [0.717, 1.165) is 67.4 Å². The number of nitrogen functional groups attached to an aromatic ring is 1. The number of unbranched alkanes of at least 4 members (excludes halogenated alkanes) is 1. The molecule has 2 aliphatic carbocycles. The van der Waals surface area contributed by atoms with Crippen molar-refractivity contribution in [3.05, 3.63) is 58.0 Å². The number of fused-ring (bicyclic) bond motifs is 5. The quantitative estimate of drug-likeness (QED) is 0.258. The SMILES string of the molecule is COC(=O)/C(N)=C/NCCCCC1=CC2Cc3nc4cc(Cl)ccc4c(N)c3C(C1)C2. The number of carbonyl (C=O) groups excluding carboxylic acids is 1. The van der Waals surface area contributed by atoms with E-state index in [1.165, 1.54) is 24.4 Å². The Bertz CT molecular complexity index is 1060. The average molecular weight is 441 g/mol. The number of hydrogen-bond donors (Lipinski definition) is 3. The van der Waals surface area contributed by atoms with Crippen LogP contribution in [0, 0.1) is 5.92 Å². The largest absolute Gasteiger partial charge is 0.464 e. The monoisotopic (exact) mass is 440 g/mol. The minimum absolute atomic E-state index is 0.0879. The molecule has 164 valence electrons. The number of carbonyl (C=O) groups is 1. The van der Waals surface area contributed by atoms with Crippen LogP contribution in [0.4, 0.5) is 5.69 Å². The Morgan fingerprint density at radius 2 is 2.19 bits per heavy atom. The minimum Gasteiger partial charge on any atom is -0.464 e. The normalized spacial score (nSPS) is 20.2. The highest BCUT2D eigenvalue weighted by Crippen LogP contribution is 2.47. The summed E-state index contributed by atoms with van der Waals surface area (Å²) in [6.45, 7) is 0.770. The summed E-state index contributed by atoms with van der Waals surface area (Å²) in [5.41, 5.74) is 18.0. The number of ether oxygens (including phenoxy) is 1. The van der Waals surface area contributed by atoms with Gasteiger partial charge in [-0.3, -0.25) is 4.98 Å². The summed E-state index contributed by atoms with van der Waals surface area (Å²) in [5.74, 6) is 0.462. The summed E-state index contributed by atoms with van der Waals surface area (Å²) in [5, 5.41) is 4.77. The van der Waals surface area contributed by atoms with Crippen LogP contribution in [0.15, 0.2) is 41.7 Å². The van der Waals surface area contributed by atoms with Crippen LogP contribution < -0.4 is 16.8 Å². The van der Waals surface area contributed by atoms with Crippen LogP contribution in [0.25, 0.3) is 10.9 Å². The molecule has 0 saturated carbocycles. The number of nitrogens with zero attached hydrogens (tertiary/aromatic N) is 1. The molecule has 2 aliphatic rings. The maximum absolute atomic E-state index is 11.3. The zero-order chi connectivity index (χ0) is 22.0. The number of hydrogen-bond acceptors (Lipinski definition) is 6. The van der Waals surface area contributed by atoms with Crippen LogP contribution in [-0.4, -0.2) is 24.6 Å². The van der Waals surface area contributed by atoms with E-state index in [0.29, 0.717) is 16.9 Å². The van der Waals surface area contributed by atoms with Gasteiger partial charge in [-0.1, -0.05) is 23.3 Å². The second-order valence-corrected chi connectivity index (χ2v) is 8.91. The third-order valence-electron chi connectivity index (χ3n) is 6.29. The van der Waals surface area contributed by atoms with Gasteiger partial charge in [-0.15, -0.1) is 0 Å². The molecule has 4 rings (SSSR count). The number of allylic oxidation sites excluding steroid dienone is 2. The van der Waals surface area contributed by atoms with Gasteiger partial charge >= 0.3 is 5.97 Å². The van der Waals surface area contributed by atoms with Gasteiger partial charge < -0.3 is 21.5 Å². The van der Waals surface area contributed by atoms with Crippen LogP contribution in [0.1, 0.15) is 49.3 Å². The topological polar surface area (TPSA) is 103 Å². The van der Waals surface area contributed by atoms with E-state index in [9.17, 15) is 4.79 Å². The van der Waals surface area contributed by atoms with Crippen LogP contribution in [0.2, 0.25) is 5.02 Å². The molecule has 1 heterocycles. The molecule has 1 aromatic heterocycles. The molecule has 0 saturated heterocycles. The van der Waals surface area contributed by atoms with Gasteiger partial charge in [0.1, 0.15) is 5.70 Å². The lowest BCUT2D eigenvalue weighted by molar-refractivity contribution is -0.136. The zero-order valence-corrected chi connectivity index (χ0v) is 18.5. The molecule has 0 amide bonds. The summed E-state index contributed by atoms with van der Waals surface area (Å²) in [4.78, 5) is 16.2. The number of nitrogens with two attached hydrogens (primary N) is 2. The van der Waals surface area contributed by atoms with Gasteiger partial charge in [0.15, 0.2) is 0 Å². The van der Waals surface area contributed by atoms with Crippen molar-refractivity contribution < 1.29 is 9.53 Å². The standard InChI is InChI=1S/C24H29ClN4O2/c1-31-24(30)19(26)13-28-7-3-2-4-14-8-15-10-16(9-14)22-21(11-15)29-20-12-17(25)5-6-18(20)23(22)27/h5-6,8,12-13,15-16,28H,2-4,7,9-11,26H2,1H3,(H2,27,29)/b19-13-. The average Bonchev–Trinajstić information content (AvgIpc) is 2.74. The fraction of sp³-hybridized carbons (Fsp3) is 0.417. The number of halogens is 1. The van der Waals surface area contributed by atoms with Crippen molar-refractivity contribution in [3.63, 3.8) is 0 Å². The maximum atomic E-state index is 11.3. The zero-order valence-electron chi connectivity index (χ0n) is 17.8. The second kappa shape index (κ2) is 9.18. The Balaban J connectivity index is 1.37. The van der Waals surface area contributed by atoms with Crippen molar-refractivity contribution in [3.8, 4) is 0 Å². The van der Waals surface area contributed by atoms with E-state index >= 15 is 0 Å². The molecule has 31 heavy (non-hydrogen) atoms. The van der Waals surface area contributed by atoms with Crippen LogP contribution >= 0.6 is 11.6 Å². The molecule has 2 atom stereocenters. The number of anilines is 1. The van der Waals surface area contributed by atoms with Crippen LogP contribution in [0.3, 0.4) is 0 Å². The Morgan fingerprint density at radius 1 is 1.35 bits per heavy atom. The number of methoxy groups -OCH3 is 1. The Labute approximate surface area is 187 Å². The van der Waals surface area contributed by atoms with Crippen molar-refractivity contribution in [2.45, 2.75) is 44.4 Å². The van der Waals surface area contributed by atoms with Gasteiger partial charge in [0.2, 0.25) is 0 Å². The van der Waals surface area contributed by atoms with E-state index in [1.807, 2.05) is 18.2 Å². The summed E-state index contributed by atoms with van der Waals surface area (Å²) in [6.07, 6.45) is 10.3. The molecule has 6 nitrogen and oxygen atoms in total. The number of benzene rings is 1. The van der Waals surface area contributed by atoms with Gasteiger partial charge in [-0.25, -0.2) is 4.79 Å². The molecular formula is C24H29ClN4O2.